The van der Waals surface area contributed by atoms with Gasteiger partial charge in [-0.1, -0.05) is 6.07 Å². The van der Waals surface area contributed by atoms with Crippen LogP contribution in [0.2, 0.25) is 0 Å². The molecule has 1 atom stereocenters. The van der Waals surface area contributed by atoms with Crippen molar-refractivity contribution in [3.05, 3.63) is 29.3 Å². The Labute approximate surface area is 129 Å². The maximum absolute atomic E-state index is 12.8. The Kier molecular flexibility index (Phi) is 5.71. The first-order chi connectivity index (χ1) is 10.5. The molecule has 2 N–H and O–H groups in total. The summed E-state index contributed by atoms with van der Waals surface area (Å²) >= 11 is 0. The minimum Gasteiger partial charge on any atom is -0.468 e. The number of esters is 1. The van der Waals surface area contributed by atoms with E-state index in [4.69, 9.17) is 5.73 Å². The minimum absolute atomic E-state index is 0.0540. The summed E-state index contributed by atoms with van der Waals surface area (Å²) < 4.78 is 30.2. The van der Waals surface area contributed by atoms with Gasteiger partial charge in [-0.05, 0) is 48.9 Å². The number of methoxy groups -OCH3 is 1. The topological polar surface area (TPSA) is 55.6 Å². The van der Waals surface area contributed by atoms with Crippen molar-refractivity contribution in [1.82, 2.24) is 4.90 Å². The highest BCUT2D eigenvalue weighted by atomic mass is 19.3. The summed E-state index contributed by atoms with van der Waals surface area (Å²) in [6.07, 6.45) is 0.611. The number of benzene rings is 1. The van der Waals surface area contributed by atoms with Crippen LogP contribution in [0.4, 0.5) is 14.5 Å². The molecule has 0 saturated heterocycles. The molecule has 1 aliphatic carbocycles. The van der Waals surface area contributed by atoms with E-state index in [1.807, 2.05) is 18.2 Å². The van der Waals surface area contributed by atoms with Crippen molar-refractivity contribution in [2.45, 2.75) is 38.2 Å². The van der Waals surface area contributed by atoms with Crippen molar-refractivity contribution >= 4 is 11.7 Å². The third-order valence-electron chi connectivity index (χ3n) is 4.17. The smallest absolute Gasteiger partial charge is 0.319 e. The van der Waals surface area contributed by atoms with Crippen molar-refractivity contribution in [1.29, 1.82) is 0 Å². The zero-order chi connectivity index (χ0) is 16.1. The van der Waals surface area contributed by atoms with Gasteiger partial charge in [0.1, 0.15) is 0 Å². The molecule has 1 aromatic carbocycles. The highest BCUT2D eigenvalue weighted by Crippen LogP contribution is 2.25. The molecule has 2 rings (SSSR count). The average molecular weight is 312 g/mol. The predicted octanol–water partition coefficient (Wildman–Crippen LogP) is 2.26. The number of hydrogen-bond acceptors (Lipinski definition) is 4. The Morgan fingerprint density at radius 1 is 1.36 bits per heavy atom. The standard InChI is InChI=1S/C16H22F2N2O2/c1-22-16(21)10-20(9-15(17)18)14-6-3-11-2-5-13(19)8-12(11)4-7-14/h2,5,8,14-15H,3-4,6-7,9-10,19H2,1H3. The SMILES string of the molecule is COC(=O)CN(CC(F)F)C1CCc2ccc(N)cc2CC1. The van der Waals surface area contributed by atoms with E-state index in [1.54, 1.807) is 4.90 Å². The molecule has 1 aliphatic rings. The van der Waals surface area contributed by atoms with Gasteiger partial charge in [0.25, 0.3) is 6.43 Å². The molecule has 0 aromatic heterocycles. The minimum atomic E-state index is -2.47. The van der Waals surface area contributed by atoms with Crippen LogP contribution in [0.25, 0.3) is 0 Å². The molecule has 0 fully saturated rings. The second-order valence-corrected chi connectivity index (χ2v) is 5.66. The highest BCUT2D eigenvalue weighted by Gasteiger charge is 2.26. The summed E-state index contributed by atoms with van der Waals surface area (Å²) in [6.45, 7) is -0.498. The van der Waals surface area contributed by atoms with Gasteiger partial charge in [-0.25, -0.2) is 8.78 Å². The normalized spacial score (nSPS) is 18.1. The molecule has 122 valence electrons. The van der Waals surface area contributed by atoms with Crippen LogP contribution in [0.3, 0.4) is 0 Å². The van der Waals surface area contributed by atoms with Gasteiger partial charge in [0.15, 0.2) is 0 Å². The van der Waals surface area contributed by atoms with E-state index < -0.39 is 18.9 Å². The zero-order valence-corrected chi connectivity index (χ0v) is 12.7. The van der Waals surface area contributed by atoms with Gasteiger partial charge in [0.2, 0.25) is 0 Å². The third kappa shape index (κ3) is 4.40. The van der Waals surface area contributed by atoms with Crippen LogP contribution in [0.15, 0.2) is 18.2 Å². The van der Waals surface area contributed by atoms with E-state index >= 15 is 0 Å². The van der Waals surface area contributed by atoms with E-state index in [0.29, 0.717) is 0 Å². The maximum atomic E-state index is 12.8. The number of fused-ring (bicyclic) bond motifs is 1. The molecule has 1 aromatic rings. The molecule has 0 saturated carbocycles. The number of nitrogen functional groups attached to an aromatic ring is 1. The summed E-state index contributed by atoms with van der Waals surface area (Å²) in [5.74, 6) is -0.480. The van der Waals surface area contributed by atoms with Gasteiger partial charge in [0.05, 0.1) is 20.2 Å². The van der Waals surface area contributed by atoms with Gasteiger partial charge < -0.3 is 10.5 Å². The third-order valence-corrected chi connectivity index (χ3v) is 4.17. The number of carbonyl (C=O) groups is 1. The molecule has 0 aliphatic heterocycles. The number of halogens is 2. The zero-order valence-electron chi connectivity index (χ0n) is 12.7. The number of rotatable bonds is 5. The second-order valence-electron chi connectivity index (χ2n) is 5.66. The van der Waals surface area contributed by atoms with Crippen LogP contribution < -0.4 is 5.73 Å². The molecule has 0 amide bonds. The number of nitrogens with two attached hydrogens (primary N) is 1. The van der Waals surface area contributed by atoms with Crippen LogP contribution in [0.1, 0.15) is 24.0 Å². The fourth-order valence-corrected chi connectivity index (χ4v) is 3.03. The molecular formula is C16H22F2N2O2. The first-order valence-corrected chi connectivity index (χ1v) is 7.46. The number of alkyl halides is 2. The lowest BCUT2D eigenvalue weighted by atomic mass is 10.0. The summed E-state index contributed by atoms with van der Waals surface area (Å²) in [5.41, 5.74) is 8.92. The second kappa shape index (κ2) is 7.54. The molecular weight excluding hydrogens is 290 g/mol. The van der Waals surface area contributed by atoms with Crippen LogP contribution in [-0.2, 0) is 22.4 Å². The fourth-order valence-electron chi connectivity index (χ4n) is 3.03. The number of nitrogens with zero attached hydrogens (tertiary/aromatic N) is 1. The molecule has 6 heteroatoms. The van der Waals surface area contributed by atoms with E-state index in [1.165, 1.54) is 18.2 Å². The molecule has 22 heavy (non-hydrogen) atoms. The number of hydrogen-bond donors (Lipinski definition) is 1. The van der Waals surface area contributed by atoms with Crippen LogP contribution >= 0.6 is 0 Å². The van der Waals surface area contributed by atoms with Crippen molar-refractivity contribution in [2.24, 2.45) is 0 Å². The highest BCUT2D eigenvalue weighted by molar-refractivity contribution is 5.71. The number of carbonyl (C=O) groups excluding carboxylic acids is 1. The van der Waals surface area contributed by atoms with Gasteiger partial charge in [-0.3, -0.25) is 9.69 Å². The van der Waals surface area contributed by atoms with Crippen molar-refractivity contribution < 1.29 is 18.3 Å². The molecule has 0 radical (unpaired) electrons. The lowest BCUT2D eigenvalue weighted by Gasteiger charge is -2.29. The Morgan fingerprint density at radius 3 is 2.68 bits per heavy atom. The molecule has 0 bridgehead atoms. The summed E-state index contributed by atoms with van der Waals surface area (Å²) in [6, 6.07) is 5.77. The molecule has 0 spiro atoms. The first-order valence-electron chi connectivity index (χ1n) is 7.46. The Hall–Kier alpha value is -1.69. The van der Waals surface area contributed by atoms with Crippen molar-refractivity contribution in [3.8, 4) is 0 Å². The van der Waals surface area contributed by atoms with Gasteiger partial charge in [-0.2, -0.15) is 0 Å². The summed E-state index contributed by atoms with van der Waals surface area (Å²) in [5, 5.41) is 0. The lowest BCUT2D eigenvalue weighted by Crippen LogP contribution is -2.42. The van der Waals surface area contributed by atoms with E-state index in [9.17, 15) is 13.6 Å². The Bertz CT molecular complexity index is 523. The monoisotopic (exact) mass is 312 g/mol. The van der Waals surface area contributed by atoms with E-state index in [-0.39, 0.29) is 12.6 Å². The summed E-state index contributed by atoms with van der Waals surface area (Å²) in [4.78, 5) is 13.0. The van der Waals surface area contributed by atoms with Gasteiger partial charge in [-0.15, -0.1) is 0 Å². The largest absolute Gasteiger partial charge is 0.468 e. The Balaban J connectivity index is 2.08. The molecule has 1 unspecified atom stereocenters. The van der Waals surface area contributed by atoms with Gasteiger partial charge >= 0.3 is 5.97 Å². The maximum Gasteiger partial charge on any atom is 0.319 e. The van der Waals surface area contributed by atoms with Crippen molar-refractivity contribution in [3.63, 3.8) is 0 Å². The molecule has 0 heterocycles. The number of ether oxygens (including phenoxy) is 1. The summed E-state index contributed by atoms with van der Waals surface area (Å²) in [7, 11) is 1.27. The lowest BCUT2D eigenvalue weighted by molar-refractivity contribution is -0.143. The predicted molar refractivity (Wildman–Crippen MR) is 80.9 cm³/mol. The van der Waals surface area contributed by atoms with Crippen LogP contribution in [0, 0.1) is 0 Å². The molecule has 4 nitrogen and oxygen atoms in total. The number of aryl methyl sites for hydroxylation is 2. The number of anilines is 1. The van der Waals surface area contributed by atoms with Gasteiger partial charge in [0, 0.05) is 11.7 Å². The quantitative estimate of drug-likeness (QED) is 0.515. The first kappa shape index (κ1) is 16.7. The Morgan fingerprint density at radius 2 is 2.05 bits per heavy atom. The van der Waals surface area contributed by atoms with Crippen molar-refractivity contribution in [2.75, 3.05) is 25.9 Å². The van der Waals surface area contributed by atoms with E-state index in [2.05, 4.69) is 4.74 Å². The average Bonchev–Trinajstić information content (AvgIpc) is 2.68. The van der Waals surface area contributed by atoms with E-state index in [0.717, 1.165) is 31.4 Å². The fraction of sp³-hybridized carbons (Fsp3) is 0.562. The van der Waals surface area contributed by atoms with Crippen LogP contribution in [-0.4, -0.2) is 43.5 Å². The van der Waals surface area contributed by atoms with Crippen LogP contribution in [0.5, 0.6) is 0 Å².